The van der Waals surface area contributed by atoms with Gasteiger partial charge in [0.15, 0.2) is 0 Å². The van der Waals surface area contributed by atoms with Crippen molar-refractivity contribution in [2.45, 2.75) is 53.1 Å². The first-order chi connectivity index (χ1) is 10.4. The number of benzene rings is 1. The van der Waals surface area contributed by atoms with Crippen LogP contribution in [0.5, 0.6) is 0 Å². The molecule has 2 rings (SSSR count). The molecule has 0 bridgehead atoms. The zero-order valence-corrected chi connectivity index (χ0v) is 20.2. The van der Waals surface area contributed by atoms with Crippen LogP contribution in [0.4, 0.5) is 0 Å². The van der Waals surface area contributed by atoms with Gasteiger partial charge in [0.05, 0.1) is 13.4 Å². The molecule has 2 nitrogen and oxygen atoms in total. The third-order valence-electron chi connectivity index (χ3n) is 4.13. The second-order valence-corrected chi connectivity index (χ2v) is 7.61. The Bertz CT molecular complexity index is 401. The Morgan fingerprint density at radius 3 is 1.79 bits per heavy atom. The van der Waals surface area contributed by atoms with Crippen molar-refractivity contribution in [3.63, 3.8) is 0 Å². The molecule has 0 aliphatic carbocycles. The summed E-state index contributed by atoms with van der Waals surface area (Å²) in [5.41, 5.74) is 1.17. The minimum absolute atomic E-state index is 0. The molecule has 1 aliphatic rings. The molecule has 1 saturated heterocycles. The third-order valence-corrected chi connectivity index (χ3v) is 4.13. The first-order valence-electron chi connectivity index (χ1n) is 8.24. The molecule has 0 unspecified atom stereocenters. The van der Waals surface area contributed by atoms with E-state index in [1.807, 2.05) is 58.9 Å². The molecule has 0 amide bonds. The van der Waals surface area contributed by atoms with Crippen molar-refractivity contribution >= 4 is 13.3 Å². The van der Waals surface area contributed by atoms with Crippen molar-refractivity contribution in [1.29, 1.82) is 0 Å². The topological polar surface area (TPSA) is 29.5 Å². The fourth-order valence-corrected chi connectivity index (χ4v) is 1.34. The van der Waals surface area contributed by atoms with E-state index in [0.29, 0.717) is 5.92 Å². The maximum absolute atomic E-state index is 9.35. The summed E-state index contributed by atoms with van der Waals surface area (Å²) in [5, 5.41) is 9.35. The minimum Gasteiger partial charge on any atom is -0.390 e. The SMILES string of the molecule is CC(C)(C)C(C)(C)O.[B]c1cccc([CH2-])c1.[CH2-]C1CCOCC1.[U+2]. The molecule has 1 aromatic carbocycles. The van der Waals surface area contributed by atoms with Gasteiger partial charge in [0.25, 0.3) is 0 Å². The second kappa shape index (κ2) is 12.5. The number of aliphatic hydroxyl groups is 1. The molecule has 1 fully saturated rings. The predicted molar refractivity (Wildman–Crippen MR) is 101 cm³/mol. The van der Waals surface area contributed by atoms with Gasteiger partial charge in [0.2, 0.25) is 0 Å². The van der Waals surface area contributed by atoms with E-state index in [1.165, 1.54) is 0 Å². The predicted octanol–water partition coefficient (Wildman–Crippen LogP) is 3.71. The Morgan fingerprint density at radius 1 is 1.12 bits per heavy atom. The van der Waals surface area contributed by atoms with Crippen LogP contribution in [0.3, 0.4) is 0 Å². The Morgan fingerprint density at radius 2 is 1.58 bits per heavy atom. The normalized spacial score (nSPS) is 15.1. The van der Waals surface area contributed by atoms with Gasteiger partial charge >= 0.3 is 31.1 Å². The molecule has 1 heterocycles. The quantitative estimate of drug-likeness (QED) is 0.392. The van der Waals surface area contributed by atoms with Crippen LogP contribution in [0.1, 0.15) is 53.0 Å². The van der Waals surface area contributed by atoms with E-state index in [9.17, 15) is 5.11 Å². The van der Waals surface area contributed by atoms with Crippen molar-refractivity contribution in [2.24, 2.45) is 11.3 Å². The summed E-state index contributed by atoms with van der Waals surface area (Å²) in [6.45, 7) is 19.2. The molecule has 0 spiro atoms. The molecule has 2 radical (unpaired) electrons. The molecule has 0 aromatic heterocycles. The molecule has 1 aromatic rings. The summed E-state index contributed by atoms with van der Waals surface area (Å²) in [7, 11) is 5.42. The second-order valence-electron chi connectivity index (χ2n) is 7.61. The molecular weight excluding hydrogens is 521 g/mol. The summed E-state index contributed by atoms with van der Waals surface area (Å²) in [6.07, 6.45) is 2.31. The van der Waals surface area contributed by atoms with Gasteiger partial charge in [0.1, 0.15) is 0 Å². The Balaban J connectivity index is 0. The Labute approximate surface area is 174 Å². The molecule has 4 heteroatoms. The van der Waals surface area contributed by atoms with Gasteiger partial charge in [-0.2, -0.15) is 30.5 Å². The van der Waals surface area contributed by atoms with E-state index in [4.69, 9.17) is 12.6 Å². The molecule has 1 N–H and O–H groups in total. The summed E-state index contributed by atoms with van der Waals surface area (Å²) in [6, 6.07) is 7.47. The first-order valence-corrected chi connectivity index (χ1v) is 8.24. The van der Waals surface area contributed by atoms with Crippen molar-refractivity contribution in [3.8, 4) is 0 Å². The summed E-state index contributed by atoms with van der Waals surface area (Å²) in [5.74, 6) is 0.661. The van der Waals surface area contributed by atoms with Crippen LogP contribution < -0.4 is 5.46 Å². The number of ether oxygens (including phenoxy) is 1. The van der Waals surface area contributed by atoms with Crippen LogP contribution in [0.2, 0.25) is 0 Å². The largest absolute Gasteiger partial charge is 2.00 e. The van der Waals surface area contributed by atoms with Crippen LogP contribution in [-0.4, -0.2) is 31.8 Å². The summed E-state index contributed by atoms with van der Waals surface area (Å²) >= 11 is 0. The average Bonchev–Trinajstić information content (AvgIpc) is 2.38. The molecule has 24 heavy (non-hydrogen) atoms. The number of hydrogen-bond donors (Lipinski definition) is 1. The van der Waals surface area contributed by atoms with E-state index in [2.05, 4.69) is 13.8 Å². The standard InChI is InChI=1S/C7H6B.C7H16O.C6H11O.U/c1-6-3-2-4-7(8)5-6;1-6(2,3)7(4,5)8;1-6-2-4-7-5-3-6;/h2-5H,1H2;8H,1-5H3;6H,1-5H2;/q-1;;-1;+2. The maximum Gasteiger partial charge on any atom is 2.00 e. The zero-order valence-electron chi connectivity index (χ0n) is 16.1. The molecule has 132 valence electrons. The Kier molecular flexibility index (Phi) is 13.7. The van der Waals surface area contributed by atoms with Gasteiger partial charge in [-0.1, -0.05) is 39.7 Å². The van der Waals surface area contributed by atoms with Crippen molar-refractivity contribution < 1.29 is 41.0 Å². The molecule has 0 saturated carbocycles. The third kappa shape index (κ3) is 13.4. The van der Waals surface area contributed by atoms with Gasteiger partial charge in [-0.25, -0.2) is 0 Å². The van der Waals surface area contributed by atoms with E-state index >= 15 is 0 Å². The van der Waals surface area contributed by atoms with Gasteiger partial charge in [0, 0.05) is 13.2 Å². The molecular formula is C20H33BO2U. The number of hydrogen-bond acceptors (Lipinski definition) is 2. The van der Waals surface area contributed by atoms with Crippen LogP contribution >= 0.6 is 0 Å². The van der Waals surface area contributed by atoms with Crippen LogP contribution in [0, 0.1) is 56.3 Å². The smallest absolute Gasteiger partial charge is 0.390 e. The fourth-order valence-electron chi connectivity index (χ4n) is 1.34. The average molecular weight is 554 g/mol. The molecule has 0 atom stereocenters. The van der Waals surface area contributed by atoms with E-state index in [1.54, 1.807) is 0 Å². The fraction of sp³-hybridized carbons (Fsp3) is 0.600. The van der Waals surface area contributed by atoms with E-state index in [-0.39, 0.29) is 36.5 Å². The van der Waals surface area contributed by atoms with Crippen LogP contribution in [0.15, 0.2) is 24.3 Å². The van der Waals surface area contributed by atoms with E-state index in [0.717, 1.165) is 37.1 Å². The Hall–Kier alpha value is 0.127. The van der Waals surface area contributed by atoms with Crippen LogP contribution in [-0.2, 0) is 4.74 Å². The first kappa shape index (κ1) is 26.4. The van der Waals surface area contributed by atoms with Gasteiger partial charge in [-0.15, -0.1) is 11.5 Å². The van der Waals surface area contributed by atoms with Crippen LogP contribution in [0.25, 0.3) is 0 Å². The van der Waals surface area contributed by atoms with Crippen molar-refractivity contribution in [3.05, 3.63) is 43.7 Å². The summed E-state index contributed by atoms with van der Waals surface area (Å²) < 4.78 is 5.10. The monoisotopic (exact) mass is 554 g/mol. The van der Waals surface area contributed by atoms with Gasteiger partial charge in [-0.3, -0.25) is 0 Å². The van der Waals surface area contributed by atoms with E-state index < -0.39 is 5.60 Å². The maximum atomic E-state index is 9.35. The van der Waals surface area contributed by atoms with Crippen molar-refractivity contribution in [1.82, 2.24) is 0 Å². The minimum atomic E-state index is -0.562. The number of rotatable bonds is 0. The van der Waals surface area contributed by atoms with Crippen molar-refractivity contribution in [2.75, 3.05) is 13.2 Å². The molecule has 1 aliphatic heterocycles. The van der Waals surface area contributed by atoms with Gasteiger partial charge < -0.3 is 16.8 Å². The summed E-state index contributed by atoms with van der Waals surface area (Å²) in [4.78, 5) is 0. The zero-order chi connectivity index (χ0) is 18.1. The van der Waals surface area contributed by atoms with Gasteiger partial charge in [-0.05, 0) is 19.3 Å².